The van der Waals surface area contributed by atoms with Crippen LogP contribution in [0.5, 0.6) is 0 Å². The van der Waals surface area contributed by atoms with E-state index in [0.29, 0.717) is 18.1 Å². The average Bonchev–Trinajstić information content (AvgIpc) is 2.43. The molecule has 21 heavy (non-hydrogen) atoms. The molecule has 0 bridgehead atoms. The lowest BCUT2D eigenvalue weighted by Gasteiger charge is -2.26. The summed E-state index contributed by atoms with van der Waals surface area (Å²) in [6, 6.07) is 7.67. The van der Waals surface area contributed by atoms with Crippen LogP contribution < -0.4 is 11.1 Å². The Morgan fingerprint density at radius 1 is 1.38 bits per heavy atom. The molecule has 1 aromatic carbocycles. The van der Waals surface area contributed by atoms with Gasteiger partial charge in [0.05, 0.1) is 12.5 Å². The highest BCUT2D eigenvalue weighted by Gasteiger charge is 2.22. The van der Waals surface area contributed by atoms with Crippen molar-refractivity contribution in [1.82, 2.24) is 5.32 Å². The number of carbonyl (C=O) groups is 1. The average molecular weight is 335 g/mol. The normalized spacial score (nSPS) is 12.4. The largest absolute Gasteiger partial charge is 0.380 e. The molecule has 0 aliphatic carbocycles. The number of halogens is 2. The summed E-state index contributed by atoms with van der Waals surface area (Å²) in [5.41, 5.74) is 6.47. The minimum Gasteiger partial charge on any atom is -0.380 e. The predicted octanol–water partition coefficient (Wildman–Crippen LogP) is 2.52. The maximum atomic E-state index is 11.8. The van der Waals surface area contributed by atoms with Gasteiger partial charge in [-0.1, -0.05) is 37.6 Å². The Kier molecular flexibility index (Phi) is 8.90. The van der Waals surface area contributed by atoms with Gasteiger partial charge in [-0.25, -0.2) is 0 Å². The van der Waals surface area contributed by atoms with Gasteiger partial charge in [0.2, 0.25) is 5.91 Å². The molecule has 0 saturated carbocycles. The molecule has 1 amide bonds. The van der Waals surface area contributed by atoms with Gasteiger partial charge in [0.1, 0.15) is 0 Å². The zero-order valence-corrected chi connectivity index (χ0v) is 14.3. The van der Waals surface area contributed by atoms with Crippen molar-refractivity contribution in [3.63, 3.8) is 0 Å². The van der Waals surface area contributed by atoms with Gasteiger partial charge in [0.15, 0.2) is 0 Å². The molecule has 6 heteroatoms. The molecule has 0 fully saturated rings. The molecule has 3 N–H and O–H groups in total. The third-order valence-corrected chi connectivity index (χ3v) is 3.61. The Morgan fingerprint density at radius 3 is 2.43 bits per heavy atom. The number of rotatable bonds is 7. The van der Waals surface area contributed by atoms with Crippen molar-refractivity contribution in [2.75, 3.05) is 20.2 Å². The molecule has 0 spiro atoms. The summed E-state index contributed by atoms with van der Waals surface area (Å²) in [5, 5.41) is 3.64. The highest BCUT2D eigenvalue weighted by Crippen LogP contribution is 2.23. The van der Waals surface area contributed by atoms with Gasteiger partial charge in [-0.3, -0.25) is 4.79 Å². The number of carbonyl (C=O) groups excluding carboxylic acids is 1. The summed E-state index contributed by atoms with van der Waals surface area (Å²) in [7, 11) is 1.56. The second-order valence-electron chi connectivity index (χ2n) is 5.47. The highest BCUT2D eigenvalue weighted by atomic mass is 35.5. The number of hydrogen-bond donors (Lipinski definition) is 2. The van der Waals surface area contributed by atoms with E-state index in [1.165, 1.54) is 0 Å². The zero-order chi connectivity index (χ0) is 15.2. The summed E-state index contributed by atoms with van der Waals surface area (Å²) in [6.45, 7) is 5.04. The van der Waals surface area contributed by atoms with Crippen LogP contribution in [0.4, 0.5) is 0 Å². The Hall–Kier alpha value is -0.810. The SMILES string of the molecule is COC(CN)CC(=O)NCC(C)(C)c1ccc(Cl)cc1.Cl. The first-order chi connectivity index (χ1) is 9.39. The summed E-state index contributed by atoms with van der Waals surface area (Å²) < 4.78 is 5.10. The fourth-order valence-electron chi connectivity index (χ4n) is 1.86. The fourth-order valence-corrected chi connectivity index (χ4v) is 1.99. The van der Waals surface area contributed by atoms with Crippen LogP contribution in [0.3, 0.4) is 0 Å². The highest BCUT2D eigenvalue weighted by molar-refractivity contribution is 6.30. The standard InChI is InChI=1S/C15H23ClN2O2.ClH/c1-15(2,11-4-6-12(16)7-5-11)10-18-14(19)8-13(9-17)20-3;/h4-7,13H,8-10,17H2,1-3H3,(H,18,19);1H. The molecule has 0 saturated heterocycles. The quantitative estimate of drug-likeness (QED) is 0.805. The van der Waals surface area contributed by atoms with Crippen molar-refractivity contribution in [3.8, 4) is 0 Å². The van der Waals surface area contributed by atoms with E-state index in [2.05, 4.69) is 19.2 Å². The second-order valence-corrected chi connectivity index (χ2v) is 5.90. The summed E-state index contributed by atoms with van der Waals surface area (Å²) in [5.74, 6) is -0.0515. The third-order valence-electron chi connectivity index (χ3n) is 3.36. The number of methoxy groups -OCH3 is 1. The molecule has 1 atom stereocenters. The van der Waals surface area contributed by atoms with Gasteiger partial charge in [0, 0.05) is 30.6 Å². The van der Waals surface area contributed by atoms with Crippen LogP contribution in [-0.4, -0.2) is 32.2 Å². The lowest BCUT2D eigenvalue weighted by atomic mass is 9.84. The Balaban J connectivity index is 0.00000400. The van der Waals surface area contributed by atoms with Crippen molar-refractivity contribution in [3.05, 3.63) is 34.9 Å². The van der Waals surface area contributed by atoms with Crippen molar-refractivity contribution < 1.29 is 9.53 Å². The molecular weight excluding hydrogens is 311 g/mol. The predicted molar refractivity (Wildman–Crippen MR) is 89.2 cm³/mol. The lowest BCUT2D eigenvalue weighted by molar-refractivity contribution is -0.123. The molecule has 0 heterocycles. The molecule has 1 aromatic rings. The van der Waals surface area contributed by atoms with E-state index >= 15 is 0 Å². The zero-order valence-electron chi connectivity index (χ0n) is 12.7. The maximum absolute atomic E-state index is 11.8. The van der Waals surface area contributed by atoms with E-state index < -0.39 is 0 Å². The van der Waals surface area contributed by atoms with Crippen molar-refractivity contribution >= 4 is 29.9 Å². The molecule has 4 nitrogen and oxygen atoms in total. The molecule has 1 unspecified atom stereocenters. The summed E-state index contributed by atoms with van der Waals surface area (Å²) >= 11 is 5.88. The maximum Gasteiger partial charge on any atom is 0.222 e. The molecule has 0 aromatic heterocycles. The van der Waals surface area contributed by atoms with Crippen LogP contribution >= 0.6 is 24.0 Å². The van der Waals surface area contributed by atoms with Gasteiger partial charge in [0.25, 0.3) is 0 Å². The molecule has 120 valence electrons. The topological polar surface area (TPSA) is 64.3 Å². The van der Waals surface area contributed by atoms with E-state index in [0.717, 1.165) is 5.56 Å². The minimum atomic E-state index is -0.228. The van der Waals surface area contributed by atoms with Crippen LogP contribution in [0, 0.1) is 0 Å². The summed E-state index contributed by atoms with van der Waals surface area (Å²) in [6.07, 6.45) is 0.0533. The number of amides is 1. The lowest BCUT2D eigenvalue weighted by Crippen LogP contribution is -2.39. The van der Waals surface area contributed by atoms with E-state index in [1.54, 1.807) is 7.11 Å². The Bertz CT molecular complexity index is 432. The molecule has 0 radical (unpaired) electrons. The molecule has 0 aliphatic rings. The van der Waals surface area contributed by atoms with Crippen LogP contribution in [0.15, 0.2) is 24.3 Å². The third kappa shape index (κ3) is 6.66. The first kappa shape index (κ1) is 20.2. The number of hydrogen-bond acceptors (Lipinski definition) is 3. The fraction of sp³-hybridized carbons (Fsp3) is 0.533. The van der Waals surface area contributed by atoms with Gasteiger partial charge in [-0.05, 0) is 17.7 Å². The van der Waals surface area contributed by atoms with Crippen LogP contribution in [0.1, 0.15) is 25.8 Å². The van der Waals surface area contributed by atoms with Crippen LogP contribution in [0.25, 0.3) is 0 Å². The number of nitrogens with one attached hydrogen (secondary N) is 1. The van der Waals surface area contributed by atoms with Gasteiger partial charge >= 0.3 is 0 Å². The van der Waals surface area contributed by atoms with Crippen molar-refractivity contribution in [2.24, 2.45) is 5.73 Å². The number of benzene rings is 1. The van der Waals surface area contributed by atoms with Crippen LogP contribution in [0.2, 0.25) is 5.02 Å². The van der Waals surface area contributed by atoms with E-state index in [9.17, 15) is 4.79 Å². The summed E-state index contributed by atoms with van der Waals surface area (Å²) in [4.78, 5) is 11.8. The van der Waals surface area contributed by atoms with Gasteiger partial charge in [-0.2, -0.15) is 0 Å². The Labute approximate surface area is 137 Å². The van der Waals surface area contributed by atoms with Gasteiger partial charge < -0.3 is 15.8 Å². The second kappa shape index (κ2) is 9.26. The first-order valence-electron chi connectivity index (χ1n) is 6.64. The van der Waals surface area contributed by atoms with Gasteiger partial charge in [-0.15, -0.1) is 12.4 Å². The van der Waals surface area contributed by atoms with Crippen molar-refractivity contribution in [2.45, 2.75) is 31.8 Å². The first-order valence-corrected chi connectivity index (χ1v) is 7.02. The van der Waals surface area contributed by atoms with E-state index in [1.807, 2.05) is 24.3 Å². The van der Waals surface area contributed by atoms with Crippen molar-refractivity contribution in [1.29, 1.82) is 0 Å². The Morgan fingerprint density at radius 2 is 1.95 bits per heavy atom. The smallest absolute Gasteiger partial charge is 0.222 e. The van der Waals surface area contributed by atoms with E-state index in [4.69, 9.17) is 22.1 Å². The molecule has 0 aliphatic heterocycles. The molecule has 1 rings (SSSR count). The van der Waals surface area contributed by atoms with Crippen LogP contribution in [-0.2, 0) is 14.9 Å². The monoisotopic (exact) mass is 334 g/mol. The minimum absolute atomic E-state index is 0. The number of ether oxygens (including phenoxy) is 1. The molecular formula is C15H24Cl2N2O2. The number of nitrogens with two attached hydrogens (primary N) is 1. The van der Waals surface area contributed by atoms with E-state index in [-0.39, 0.29) is 36.3 Å².